The molecular weight excluding hydrogens is 749 g/mol. The fourth-order valence-electron chi connectivity index (χ4n) is 9.52. The van der Waals surface area contributed by atoms with Crippen molar-refractivity contribution in [2.75, 3.05) is 13.2 Å². The Labute approximate surface area is 368 Å². The molecule has 0 unspecified atom stereocenters. The molecule has 0 saturated heterocycles. The molecule has 0 heterocycles. The van der Waals surface area contributed by atoms with Gasteiger partial charge in [0.2, 0.25) is 0 Å². The second kappa shape index (κ2) is 25.3. The third-order valence-corrected chi connectivity index (χ3v) is 13.3. The van der Waals surface area contributed by atoms with Gasteiger partial charge in [0.1, 0.15) is 23.0 Å². The highest BCUT2D eigenvalue weighted by molar-refractivity contribution is 5.70. The van der Waals surface area contributed by atoms with E-state index in [2.05, 4.69) is 111 Å². The Balaban J connectivity index is 1.11. The van der Waals surface area contributed by atoms with Crippen LogP contribution in [0, 0.1) is 46.3 Å². The molecular formula is C56H72N2O3. The molecule has 2 aliphatic rings. The lowest BCUT2D eigenvalue weighted by Crippen LogP contribution is -2.15. The Bertz CT molecular complexity index is 1810. The van der Waals surface area contributed by atoms with Crippen molar-refractivity contribution in [1.29, 1.82) is 10.5 Å². The van der Waals surface area contributed by atoms with Crippen LogP contribution in [0.15, 0.2) is 84.9 Å². The van der Waals surface area contributed by atoms with Crippen molar-refractivity contribution < 1.29 is 14.2 Å². The maximum atomic E-state index is 9.48. The number of nitrogens with zero attached hydrogens (tertiary/aromatic N) is 2. The first-order valence-electron chi connectivity index (χ1n) is 24.2. The van der Waals surface area contributed by atoms with Crippen molar-refractivity contribution in [2.24, 2.45) is 23.7 Å². The van der Waals surface area contributed by atoms with E-state index < -0.39 is 0 Å². The Morgan fingerprint density at radius 2 is 0.803 bits per heavy atom. The number of hydrogen-bond acceptors (Lipinski definition) is 5. The molecule has 61 heavy (non-hydrogen) atoms. The number of nitriles is 2. The zero-order chi connectivity index (χ0) is 42.5. The topological polar surface area (TPSA) is 75.3 Å². The first-order valence-corrected chi connectivity index (χ1v) is 24.2. The van der Waals surface area contributed by atoms with E-state index in [1.54, 1.807) is 0 Å². The summed E-state index contributed by atoms with van der Waals surface area (Å²) in [7, 11) is 0. The molecule has 0 radical (unpaired) electrons. The van der Waals surface area contributed by atoms with Crippen molar-refractivity contribution in [3.05, 3.63) is 96.1 Å². The van der Waals surface area contributed by atoms with Crippen LogP contribution in [0.3, 0.4) is 0 Å². The van der Waals surface area contributed by atoms with Crippen LogP contribution < -0.4 is 14.2 Å². The number of hydrogen-bond donors (Lipinski definition) is 0. The molecule has 5 heteroatoms. The third kappa shape index (κ3) is 14.7. The molecule has 5 nitrogen and oxygen atoms in total. The highest BCUT2D eigenvalue weighted by Crippen LogP contribution is 2.38. The SMILES string of the molecule is CCCCCCCCOc1ccc(-c2ccc(Oc3ccc(-c4ccc(OCCCCCCCC)cc4CC4CCC(C#N)CC4)cc3)cc2)c(CC2CCC(C#N)CC2)c1. The molecule has 4 aromatic carbocycles. The van der Waals surface area contributed by atoms with Gasteiger partial charge >= 0.3 is 0 Å². The summed E-state index contributed by atoms with van der Waals surface area (Å²) in [6, 6.07) is 35.3. The predicted molar refractivity (Wildman–Crippen MR) is 251 cm³/mol. The maximum Gasteiger partial charge on any atom is 0.127 e. The number of unbranched alkanes of at least 4 members (excludes halogenated alkanes) is 10. The van der Waals surface area contributed by atoms with Gasteiger partial charge in [0.05, 0.1) is 25.4 Å². The van der Waals surface area contributed by atoms with Gasteiger partial charge in [-0.25, -0.2) is 0 Å². The average Bonchev–Trinajstić information content (AvgIpc) is 3.30. The lowest BCUT2D eigenvalue weighted by Gasteiger charge is -2.26. The fourth-order valence-corrected chi connectivity index (χ4v) is 9.52. The van der Waals surface area contributed by atoms with E-state index in [0.717, 1.165) is 113 Å². The molecule has 0 atom stereocenters. The van der Waals surface area contributed by atoms with Crippen molar-refractivity contribution in [3.63, 3.8) is 0 Å². The maximum absolute atomic E-state index is 9.48. The fraction of sp³-hybridized carbons (Fsp3) is 0.536. The molecule has 0 aliphatic heterocycles. The second-order valence-electron chi connectivity index (χ2n) is 18.1. The van der Waals surface area contributed by atoms with E-state index in [4.69, 9.17) is 14.2 Å². The van der Waals surface area contributed by atoms with Gasteiger partial charge in [-0.15, -0.1) is 0 Å². The van der Waals surface area contributed by atoms with Crippen LogP contribution in [0.25, 0.3) is 22.3 Å². The smallest absolute Gasteiger partial charge is 0.127 e. The minimum absolute atomic E-state index is 0.210. The number of benzene rings is 4. The summed E-state index contributed by atoms with van der Waals surface area (Å²) >= 11 is 0. The third-order valence-electron chi connectivity index (χ3n) is 13.3. The van der Waals surface area contributed by atoms with Gasteiger partial charge in [0, 0.05) is 11.8 Å². The summed E-state index contributed by atoms with van der Waals surface area (Å²) in [6.45, 7) is 6.05. The molecule has 0 spiro atoms. The molecule has 6 rings (SSSR count). The summed E-state index contributed by atoms with van der Waals surface area (Å²) < 4.78 is 19.0. The van der Waals surface area contributed by atoms with Gasteiger partial charge in [-0.1, -0.05) is 114 Å². The Hall–Kier alpha value is -4.74. The monoisotopic (exact) mass is 821 g/mol. The van der Waals surface area contributed by atoms with Crippen molar-refractivity contribution >= 4 is 0 Å². The number of rotatable bonds is 24. The van der Waals surface area contributed by atoms with Gasteiger partial charge in [-0.2, -0.15) is 10.5 Å². The standard InChI is InChI=1S/C56H72N2O3/c1-3-5-7-9-11-13-35-59-53-31-33-55(49(39-53)37-43-15-19-45(41-57)20-16-43)47-23-27-51(28-24-47)61-52-29-25-48(26-30-52)56-34-32-54(60-36-14-12-10-8-6-4-2)40-50(56)38-44-17-21-46(42-58)22-18-44/h23-34,39-40,43-46H,3-22,35-38H2,1-2H3. The summed E-state index contributed by atoms with van der Waals surface area (Å²) in [5, 5.41) is 19.0. The van der Waals surface area contributed by atoms with Crippen LogP contribution in [0.5, 0.6) is 23.0 Å². The lowest BCUT2D eigenvalue weighted by molar-refractivity contribution is 0.301. The predicted octanol–water partition coefficient (Wildman–Crippen LogP) is 16.0. The molecule has 0 bridgehead atoms. The Kier molecular flexibility index (Phi) is 19.0. The van der Waals surface area contributed by atoms with Gasteiger partial charge in [0.25, 0.3) is 0 Å². The highest BCUT2D eigenvalue weighted by atomic mass is 16.5. The van der Waals surface area contributed by atoms with E-state index in [-0.39, 0.29) is 11.8 Å². The van der Waals surface area contributed by atoms with Crippen LogP contribution in [-0.4, -0.2) is 13.2 Å². The quantitative estimate of drug-likeness (QED) is 0.0658. The summed E-state index contributed by atoms with van der Waals surface area (Å²) in [5.74, 6) is 5.14. The van der Waals surface area contributed by atoms with Gasteiger partial charge in [-0.3, -0.25) is 0 Å². The van der Waals surface area contributed by atoms with Crippen LogP contribution in [-0.2, 0) is 12.8 Å². The summed E-state index contributed by atoms with van der Waals surface area (Å²) in [5.41, 5.74) is 7.52. The summed E-state index contributed by atoms with van der Waals surface area (Å²) in [4.78, 5) is 0. The van der Waals surface area contributed by atoms with Crippen molar-refractivity contribution in [3.8, 4) is 57.4 Å². The van der Waals surface area contributed by atoms with E-state index in [1.807, 2.05) is 0 Å². The molecule has 4 aromatic rings. The molecule has 2 aliphatic carbocycles. The molecule has 0 amide bonds. The van der Waals surface area contributed by atoms with Gasteiger partial charge in [0.15, 0.2) is 0 Å². The molecule has 0 aromatic heterocycles. The molecule has 2 saturated carbocycles. The first-order chi connectivity index (χ1) is 30.0. The van der Waals surface area contributed by atoms with Gasteiger partial charge in [-0.05, 0) is 171 Å². The summed E-state index contributed by atoms with van der Waals surface area (Å²) in [6.07, 6.45) is 25.5. The second-order valence-corrected chi connectivity index (χ2v) is 18.1. The van der Waals surface area contributed by atoms with Crippen LogP contribution in [0.4, 0.5) is 0 Å². The Morgan fingerprint density at radius 3 is 1.18 bits per heavy atom. The van der Waals surface area contributed by atoms with E-state index in [0.29, 0.717) is 11.8 Å². The average molecular weight is 821 g/mol. The minimum Gasteiger partial charge on any atom is -0.494 e. The zero-order valence-electron chi connectivity index (χ0n) is 37.5. The minimum atomic E-state index is 0.210. The molecule has 0 N–H and O–H groups in total. The van der Waals surface area contributed by atoms with Crippen molar-refractivity contribution in [2.45, 2.75) is 155 Å². The van der Waals surface area contributed by atoms with Crippen LogP contribution >= 0.6 is 0 Å². The first kappa shape index (κ1) is 45.8. The van der Waals surface area contributed by atoms with E-state index in [9.17, 15) is 10.5 Å². The van der Waals surface area contributed by atoms with Crippen LogP contribution in [0.1, 0.15) is 153 Å². The van der Waals surface area contributed by atoms with Gasteiger partial charge < -0.3 is 14.2 Å². The zero-order valence-corrected chi connectivity index (χ0v) is 37.5. The highest BCUT2D eigenvalue weighted by Gasteiger charge is 2.24. The Morgan fingerprint density at radius 1 is 0.443 bits per heavy atom. The molecule has 324 valence electrons. The molecule has 2 fully saturated rings. The lowest BCUT2D eigenvalue weighted by atomic mass is 9.79. The largest absolute Gasteiger partial charge is 0.494 e. The van der Waals surface area contributed by atoms with Crippen LogP contribution in [0.2, 0.25) is 0 Å². The van der Waals surface area contributed by atoms with E-state index in [1.165, 1.54) is 97.6 Å². The normalized spacial score (nSPS) is 18.8. The number of ether oxygens (including phenoxy) is 3. The van der Waals surface area contributed by atoms with Crippen molar-refractivity contribution in [1.82, 2.24) is 0 Å². The van der Waals surface area contributed by atoms with E-state index >= 15 is 0 Å².